The van der Waals surface area contributed by atoms with Gasteiger partial charge in [-0.2, -0.15) is 0 Å². The third kappa shape index (κ3) is 2.00. The van der Waals surface area contributed by atoms with Crippen LogP contribution in [-0.4, -0.2) is 40.4 Å². The topological polar surface area (TPSA) is 69.6 Å². The predicted octanol–water partition coefficient (Wildman–Crippen LogP) is 0.209. The van der Waals surface area contributed by atoms with Crippen molar-refractivity contribution >= 4 is 11.8 Å². The van der Waals surface area contributed by atoms with E-state index in [9.17, 15) is 14.7 Å². The summed E-state index contributed by atoms with van der Waals surface area (Å²) in [5, 5.41) is 12.9. The molecule has 2 aliphatic rings. The van der Waals surface area contributed by atoms with Crippen molar-refractivity contribution < 1.29 is 14.7 Å². The van der Waals surface area contributed by atoms with Gasteiger partial charge in [-0.1, -0.05) is 30.3 Å². The molecule has 2 fully saturated rings. The zero-order valence-electron chi connectivity index (χ0n) is 10.5. The van der Waals surface area contributed by atoms with Gasteiger partial charge in [-0.15, -0.1) is 0 Å². The third-order valence-electron chi connectivity index (χ3n) is 3.86. The summed E-state index contributed by atoms with van der Waals surface area (Å²) in [5.41, 5.74) is 0.638. The van der Waals surface area contributed by atoms with Crippen LogP contribution < -0.4 is 5.32 Å². The van der Waals surface area contributed by atoms with Gasteiger partial charge in [-0.05, 0) is 18.4 Å². The molecular weight excluding hydrogens is 244 g/mol. The molecule has 0 radical (unpaired) electrons. The summed E-state index contributed by atoms with van der Waals surface area (Å²) in [7, 11) is 0. The lowest BCUT2D eigenvalue weighted by molar-refractivity contribution is -0.150. The molecule has 1 aromatic carbocycles. The van der Waals surface area contributed by atoms with E-state index in [1.807, 2.05) is 6.07 Å². The third-order valence-corrected chi connectivity index (χ3v) is 3.86. The molecule has 100 valence electrons. The molecule has 3 rings (SSSR count). The summed E-state index contributed by atoms with van der Waals surface area (Å²) in [4.78, 5) is 25.9. The molecule has 0 bridgehead atoms. The van der Waals surface area contributed by atoms with Crippen molar-refractivity contribution in [2.24, 2.45) is 0 Å². The highest BCUT2D eigenvalue weighted by molar-refractivity contribution is 5.97. The van der Waals surface area contributed by atoms with Gasteiger partial charge in [-0.3, -0.25) is 9.59 Å². The summed E-state index contributed by atoms with van der Waals surface area (Å²) < 4.78 is 0. The number of fused-ring (bicyclic) bond motifs is 1. The number of nitrogens with zero attached hydrogens (tertiary/aromatic N) is 1. The average molecular weight is 260 g/mol. The number of carbonyl (C=O) groups is 2. The molecule has 2 amide bonds. The van der Waals surface area contributed by atoms with Crippen molar-refractivity contribution in [2.45, 2.75) is 31.0 Å². The predicted molar refractivity (Wildman–Crippen MR) is 68.1 cm³/mol. The Kier molecular flexibility index (Phi) is 2.98. The van der Waals surface area contributed by atoms with E-state index in [4.69, 9.17) is 0 Å². The highest BCUT2D eigenvalue weighted by atomic mass is 16.3. The maximum Gasteiger partial charge on any atom is 0.248 e. The first-order chi connectivity index (χ1) is 9.18. The molecule has 0 spiro atoms. The number of aliphatic hydroxyl groups is 1. The molecule has 0 aromatic heterocycles. The van der Waals surface area contributed by atoms with Crippen LogP contribution >= 0.6 is 0 Å². The fourth-order valence-corrected chi connectivity index (χ4v) is 2.85. The molecule has 3 atom stereocenters. The maximum atomic E-state index is 12.3. The Balaban J connectivity index is 1.85. The molecular formula is C14H16N2O3. The van der Waals surface area contributed by atoms with Gasteiger partial charge in [0.05, 0.1) is 0 Å². The minimum atomic E-state index is -1.00. The standard InChI is InChI=1S/C14H16N2O3/c17-12(9-5-2-1-3-6-9)11-14(19)16-8-4-7-10(16)13(18)15-11/h1-3,5-6,10-12,17H,4,7-8H2,(H,15,18)/t10-,11-,12-/m0/s1. The average Bonchev–Trinajstić information content (AvgIpc) is 2.93. The van der Waals surface area contributed by atoms with E-state index in [0.29, 0.717) is 18.5 Å². The van der Waals surface area contributed by atoms with Gasteiger partial charge >= 0.3 is 0 Å². The number of hydrogen-bond donors (Lipinski definition) is 2. The van der Waals surface area contributed by atoms with Gasteiger partial charge in [0.25, 0.3) is 0 Å². The lowest BCUT2D eigenvalue weighted by atomic mass is 9.98. The van der Waals surface area contributed by atoms with Crippen LogP contribution in [0.25, 0.3) is 0 Å². The molecule has 1 aromatic rings. The van der Waals surface area contributed by atoms with Crippen molar-refractivity contribution in [1.29, 1.82) is 0 Å². The van der Waals surface area contributed by atoms with Crippen LogP contribution in [0.3, 0.4) is 0 Å². The van der Waals surface area contributed by atoms with Crippen molar-refractivity contribution in [3.05, 3.63) is 35.9 Å². The number of aliphatic hydroxyl groups excluding tert-OH is 1. The molecule has 2 saturated heterocycles. The number of amides is 2. The highest BCUT2D eigenvalue weighted by Gasteiger charge is 2.45. The molecule has 2 heterocycles. The van der Waals surface area contributed by atoms with Gasteiger partial charge in [0.15, 0.2) is 0 Å². The molecule has 5 nitrogen and oxygen atoms in total. The Morgan fingerprint density at radius 2 is 2.00 bits per heavy atom. The summed E-state index contributed by atoms with van der Waals surface area (Å²) >= 11 is 0. The summed E-state index contributed by atoms with van der Waals surface area (Å²) in [6.45, 7) is 0.606. The molecule has 5 heteroatoms. The smallest absolute Gasteiger partial charge is 0.248 e. The zero-order valence-corrected chi connectivity index (χ0v) is 10.5. The fraction of sp³-hybridized carbons (Fsp3) is 0.429. The van der Waals surface area contributed by atoms with Gasteiger partial charge in [-0.25, -0.2) is 0 Å². The van der Waals surface area contributed by atoms with Gasteiger partial charge in [0, 0.05) is 6.54 Å². The maximum absolute atomic E-state index is 12.3. The first kappa shape index (κ1) is 12.2. The second-order valence-electron chi connectivity index (χ2n) is 5.03. The van der Waals surface area contributed by atoms with Crippen LogP contribution in [0.15, 0.2) is 30.3 Å². The molecule has 0 aliphatic carbocycles. The van der Waals surface area contributed by atoms with Crippen LogP contribution in [0, 0.1) is 0 Å². The van der Waals surface area contributed by atoms with Crippen LogP contribution in [-0.2, 0) is 9.59 Å². The van der Waals surface area contributed by atoms with E-state index in [1.165, 1.54) is 0 Å². The Bertz CT molecular complexity index is 503. The lowest BCUT2D eigenvalue weighted by Gasteiger charge is -2.36. The minimum absolute atomic E-state index is 0.155. The van der Waals surface area contributed by atoms with Crippen molar-refractivity contribution in [2.75, 3.05) is 6.54 Å². The summed E-state index contributed by atoms with van der Waals surface area (Å²) in [5.74, 6) is -0.337. The largest absolute Gasteiger partial charge is 0.386 e. The van der Waals surface area contributed by atoms with E-state index >= 15 is 0 Å². The Hall–Kier alpha value is -1.88. The fourth-order valence-electron chi connectivity index (χ4n) is 2.85. The van der Waals surface area contributed by atoms with Crippen molar-refractivity contribution in [1.82, 2.24) is 10.2 Å². The first-order valence-electron chi connectivity index (χ1n) is 6.52. The number of rotatable bonds is 2. The van der Waals surface area contributed by atoms with E-state index in [0.717, 1.165) is 6.42 Å². The highest BCUT2D eigenvalue weighted by Crippen LogP contribution is 2.27. The Labute approximate surface area is 111 Å². The minimum Gasteiger partial charge on any atom is -0.386 e. The molecule has 19 heavy (non-hydrogen) atoms. The monoisotopic (exact) mass is 260 g/mol. The normalized spacial score (nSPS) is 27.9. The van der Waals surface area contributed by atoms with Crippen molar-refractivity contribution in [3.8, 4) is 0 Å². The number of benzene rings is 1. The number of carbonyl (C=O) groups excluding carboxylic acids is 2. The quantitative estimate of drug-likeness (QED) is 0.798. The van der Waals surface area contributed by atoms with Gasteiger partial charge < -0.3 is 15.3 Å². The SMILES string of the molecule is O=C1N[C@@H]([C@@H](O)c2ccccc2)C(=O)N2CCC[C@@H]12. The van der Waals surface area contributed by atoms with E-state index < -0.39 is 12.1 Å². The van der Waals surface area contributed by atoms with E-state index in [1.54, 1.807) is 29.2 Å². The van der Waals surface area contributed by atoms with Gasteiger partial charge in [0.1, 0.15) is 18.2 Å². The molecule has 2 aliphatic heterocycles. The summed E-state index contributed by atoms with van der Waals surface area (Å²) in [6.07, 6.45) is 0.558. The van der Waals surface area contributed by atoms with Gasteiger partial charge in [0.2, 0.25) is 11.8 Å². The first-order valence-corrected chi connectivity index (χ1v) is 6.52. The number of piperazine rings is 1. The second-order valence-corrected chi connectivity index (χ2v) is 5.03. The number of hydrogen-bond acceptors (Lipinski definition) is 3. The van der Waals surface area contributed by atoms with Crippen LogP contribution in [0.2, 0.25) is 0 Å². The zero-order chi connectivity index (χ0) is 13.4. The molecule has 0 saturated carbocycles. The lowest BCUT2D eigenvalue weighted by Crippen LogP contribution is -2.62. The van der Waals surface area contributed by atoms with Crippen LogP contribution in [0.1, 0.15) is 24.5 Å². The second kappa shape index (κ2) is 4.66. The Morgan fingerprint density at radius 1 is 1.26 bits per heavy atom. The summed E-state index contributed by atoms with van der Waals surface area (Å²) in [6, 6.07) is 7.73. The van der Waals surface area contributed by atoms with E-state index in [-0.39, 0.29) is 17.9 Å². The molecule has 2 N–H and O–H groups in total. The van der Waals surface area contributed by atoms with Crippen LogP contribution in [0.5, 0.6) is 0 Å². The molecule has 0 unspecified atom stereocenters. The number of nitrogens with one attached hydrogen (secondary N) is 1. The van der Waals surface area contributed by atoms with Crippen molar-refractivity contribution in [3.63, 3.8) is 0 Å². The Morgan fingerprint density at radius 3 is 2.74 bits per heavy atom. The van der Waals surface area contributed by atoms with E-state index in [2.05, 4.69) is 5.32 Å². The van der Waals surface area contributed by atoms with Crippen LogP contribution in [0.4, 0.5) is 0 Å².